The van der Waals surface area contributed by atoms with Gasteiger partial charge in [-0.25, -0.2) is 9.78 Å². The zero-order valence-corrected chi connectivity index (χ0v) is 14.0. The predicted molar refractivity (Wildman–Crippen MR) is 93.0 cm³/mol. The lowest BCUT2D eigenvalue weighted by Gasteiger charge is -2.38. The Balaban J connectivity index is 1.34. The highest BCUT2D eigenvalue weighted by Crippen LogP contribution is 2.37. The van der Waals surface area contributed by atoms with Crippen molar-refractivity contribution in [3.05, 3.63) is 54.5 Å². The van der Waals surface area contributed by atoms with E-state index in [-0.39, 0.29) is 24.2 Å². The number of amides is 2. The first-order valence-corrected chi connectivity index (χ1v) is 8.82. The van der Waals surface area contributed by atoms with Gasteiger partial charge in [-0.2, -0.15) is 0 Å². The number of nitrogens with zero attached hydrogens (tertiary/aromatic N) is 3. The Labute approximate surface area is 147 Å². The Morgan fingerprint density at radius 3 is 2.68 bits per heavy atom. The molecule has 2 amide bonds. The number of ether oxygens (including phenoxy) is 1. The fourth-order valence-corrected chi connectivity index (χ4v) is 3.91. The van der Waals surface area contributed by atoms with Crippen LogP contribution >= 0.6 is 0 Å². The van der Waals surface area contributed by atoms with Gasteiger partial charge in [-0.15, -0.1) is 0 Å². The number of carbonyl (C=O) groups is 1. The molecule has 0 radical (unpaired) electrons. The number of hydrogen-bond donors (Lipinski definition) is 1. The van der Waals surface area contributed by atoms with Crippen LogP contribution in [0.5, 0.6) is 5.88 Å². The standard InChI is InChI=1S/C19H22N4O2/c24-19(22-13-14-4-3-8-20-12-14)23-15-6-7-16(23)11-17(10-15)25-18-5-1-2-9-21-18/h1-5,8-9,12,15-17H,6-7,10-11,13H2,(H,22,24)/t15-,16-/m0/s1. The Morgan fingerprint density at radius 2 is 2.00 bits per heavy atom. The van der Waals surface area contributed by atoms with Crippen molar-refractivity contribution < 1.29 is 9.53 Å². The third kappa shape index (κ3) is 3.57. The van der Waals surface area contributed by atoms with E-state index in [2.05, 4.69) is 15.3 Å². The second-order valence-electron chi connectivity index (χ2n) is 6.69. The van der Waals surface area contributed by atoms with Crippen LogP contribution in [0.4, 0.5) is 4.79 Å². The summed E-state index contributed by atoms with van der Waals surface area (Å²) in [6.45, 7) is 0.510. The third-order valence-electron chi connectivity index (χ3n) is 5.02. The van der Waals surface area contributed by atoms with E-state index >= 15 is 0 Å². The second kappa shape index (κ2) is 7.09. The van der Waals surface area contributed by atoms with E-state index in [0.717, 1.165) is 31.2 Å². The van der Waals surface area contributed by atoms with Crippen LogP contribution in [0.2, 0.25) is 0 Å². The van der Waals surface area contributed by atoms with Gasteiger partial charge in [0.2, 0.25) is 5.88 Å². The largest absolute Gasteiger partial charge is 0.474 e. The average Bonchev–Trinajstić information content (AvgIpc) is 2.92. The number of fused-ring (bicyclic) bond motifs is 2. The average molecular weight is 338 g/mol. The van der Waals surface area contributed by atoms with Gasteiger partial charge in [-0.1, -0.05) is 12.1 Å². The molecule has 6 nitrogen and oxygen atoms in total. The molecule has 4 rings (SSSR count). The molecule has 0 unspecified atom stereocenters. The summed E-state index contributed by atoms with van der Waals surface area (Å²) in [5.41, 5.74) is 1.01. The van der Waals surface area contributed by atoms with Gasteiger partial charge in [0.15, 0.2) is 0 Å². The summed E-state index contributed by atoms with van der Waals surface area (Å²) in [7, 11) is 0. The summed E-state index contributed by atoms with van der Waals surface area (Å²) < 4.78 is 6.02. The number of rotatable bonds is 4. The first kappa shape index (κ1) is 15.9. The minimum atomic E-state index is 0.0210. The van der Waals surface area contributed by atoms with Crippen molar-refractivity contribution in [2.24, 2.45) is 0 Å². The van der Waals surface area contributed by atoms with Crippen LogP contribution in [-0.4, -0.2) is 39.1 Å². The summed E-state index contributed by atoms with van der Waals surface area (Å²) in [5, 5.41) is 3.03. The third-order valence-corrected chi connectivity index (χ3v) is 5.02. The number of urea groups is 1. The van der Waals surface area contributed by atoms with Crippen molar-refractivity contribution in [3.8, 4) is 5.88 Å². The van der Waals surface area contributed by atoms with Crippen LogP contribution in [-0.2, 0) is 6.54 Å². The van der Waals surface area contributed by atoms with Crippen molar-refractivity contribution in [2.75, 3.05) is 0 Å². The van der Waals surface area contributed by atoms with Crippen LogP contribution < -0.4 is 10.1 Å². The molecule has 2 atom stereocenters. The monoisotopic (exact) mass is 338 g/mol. The number of hydrogen-bond acceptors (Lipinski definition) is 4. The van der Waals surface area contributed by atoms with Crippen LogP contribution in [0, 0.1) is 0 Å². The van der Waals surface area contributed by atoms with Gasteiger partial charge in [0, 0.05) is 56.1 Å². The SMILES string of the molecule is O=C(NCc1cccnc1)N1[C@H]2CC[C@H]1CC(Oc1ccccn1)C2. The smallest absolute Gasteiger partial charge is 0.318 e. The summed E-state index contributed by atoms with van der Waals surface area (Å²) >= 11 is 0. The predicted octanol–water partition coefficient (Wildman–Crippen LogP) is 2.76. The molecule has 0 saturated carbocycles. The highest BCUT2D eigenvalue weighted by molar-refractivity contribution is 5.75. The van der Waals surface area contributed by atoms with Crippen molar-refractivity contribution in [2.45, 2.75) is 50.4 Å². The van der Waals surface area contributed by atoms with Crippen molar-refractivity contribution in [3.63, 3.8) is 0 Å². The Kier molecular flexibility index (Phi) is 4.50. The molecular formula is C19H22N4O2. The van der Waals surface area contributed by atoms with Crippen LogP contribution in [0.25, 0.3) is 0 Å². The van der Waals surface area contributed by atoms with E-state index in [1.165, 1.54) is 0 Å². The summed E-state index contributed by atoms with van der Waals surface area (Å²) in [5.74, 6) is 0.668. The van der Waals surface area contributed by atoms with Gasteiger partial charge in [0.1, 0.15) is 6.10 Å². The van der Waals surface area contributed by atoms with Crippen molar-refractivity contribution >= 4 is 6.03 Å². The number of pyridine rings is 2. The molecule has 25 heavy (non-hydrogen) atoms. The molecule has 6 heteroatoms. The zero-order chi connectivity index (χ0) is 17.1. The van der Waals surface area contributed by atoms with Gasteiger partial charge >= 0.3 is 6.03 Å². The van der Waals surface area contributed by atoms with Crippen LogP contribution in [0.15, 0.2) is 48.9 Å². The lowest BCUT2D eigenvalue weighted by Crippen LogP contribution is -2.52. The lowest BCUT2D eigenvalue weighted by atomic mass is 10.00. The molecule has 1 N–H and O–H groups in total. The molecule has 0 aromatic carbocycles. The van der Waals surface area contributed by atoms with E-state index in [9.17, 15) is 4.79 Å². The van der Waals surface area contributed by atoms with Crippen molar-refractivity contribution in [1.29, 1.82) is 0 Å². The molecule has 4 heterocycles. The fraction of sp³-hybridized carbons (Fsp3) is 0.421. The molecular weight excluding hydrogens is 316 g/mol. The van der Waals surface area contributed by atoms with Gasteiger partial charge in [-0.3, -0.25) is 4.98 Å². The Bertz CT molecular complexity index is 696. The number of aromatic nitrogens is 2. The molecule has 2 fully saturated rings. The summed E-state index contributed by atoms with van der Waals surface area (Å²) in [6.07, 6.45) is 9.22. The normalized spacial score (nSPS) is 24.8. The zero-order valence-electron chi connectivity index (χ0n) is 14.0. The quantitative estimate of drug-likeness (QED) is 0.931. The molecule has 2 aliphatic rings. The maximum atomic E-state index is 12.6. The highest BCUT2D eigenvalue weighted by Gasteiger charge is 2.44. The first-order chi connectivity index (χ1) is 12.3. The number of piperidine rings is 1. The van der Waals surface area contributed by atoms with Gasteiger partial charge in [0.25, 0.3) is 0 Å². The first-order valence-electron chi connectivity index (χ1n) is 8.82. The van der Waals surface area contributed by atoms with Gasteiger partial charge < -0.3 is 15.0 Å². The van der Waals surface area contributed by atoms with E-state index < -0.39 is 0 Å². The molecule has 130 valence electrons. The summed E-state index contributed by atoms with van der Waals surface area (Å²) in [4.78, 5) is 23.0. The highest BCUT2D eigenvalue weighted by atomic mass is 16.5. The maximum absolute atomic E-state index is 12.6. The van der Waals surface area contributed by atoms with E-state index in [1.807, 2.05) is 35.2 Å². The molecule has 0 aliphatic carbocycles. The lowest BCUT2D eigenvalue weighted by molar-refractivity contribution is 0.0660. The van der Waals surface area contributed by atoms with E-state index in [1.54, 1.807) is 18.6 Å². The van der Waals surface area contributed by atoms with Gasteiger partial charge in [-0.05, 0) is 30.5 Å². The van der Waals surface area contributed by atoms with Crippen LogP contribution in [0.1, 0.15) is 31.2 Å². The fourth-order valence-electron chi connectivity index (χ4n) is 3.91. The van der Waals surface area contributed by atoms with Crippen molar-refractivity contribution in [1.82, 2.24) is 20.2 Å². The Hall–Kier alpha value is -2.63. The summed E-state index contributed by atoms with van der Waals surface area (Å²) in [6, 6.07) is 10.1. The molecule has 2 aromatic rings. The number of carbonyl (C=O) groups excluding carboxylic acids is 1. The van der Waals surface area contributed by atoms with E-state index in [4.69, 9.17) is 4.74 Å². The molecule has 0 spiro atoms. The van der Waals surface area contributed by atoms with Gasteiger partial charge in [0.05, 0.1) is 0 Å². The molecule has 2 aromatic heterocycles. The topological polar surface area (TPSA) is 67.4 Å². The molecule has 2 saturated heterocycles. The van der Waals surface area contributed by atoms with E-state index in [0.29, 0.717) is 12.4 Å². The minimum absolute atomic E-state index is 0.0210. The minimum Gasteiger partial charge on any atom is -0.474 e. The molecule has 2 bridgehead atoms. The molecule has 2 aliphatic heterocycles. The maximum Gasteiger partial charge on any atom is 0.318 e. The number of nitrogens with one attached hydrogen (secondary N) is 1. The van der Waals surface area contributed by atoms with Crippen LogP contribution in [0.3, 0.4) is 0 Å². The Morgan fingerprint density at radius 1 is 1.16 bits per heavy atom. The second-order valence-corrected chi connectivity index (χ2v) is 6.69.